The quantitative estimate of drug-likeness (QED) is 0.0464. The number of hydrogen-bond donors (Lipinski definition) is 9. The maximum atomic E-state index is 12.7. The van der Waals surface area contributed by atoms with Crippen molar-refractivity contribution in [3.63, 3.8) is 0 Å². The van der Waals surface area contributed by atoms with E-state index in [1.807, 2.05) is 0 Å². The van der Waals surface area contributed by atoms with Gasteiger partial charge < -0.3 is 43.4 Å². The number of nitrogens with zero attached hydrogens (tertiary/aromatic N) is 1. The number of carbonyl (C=O) groups excluding carboxylic acids is 3. The summed E-state index contributed by atoms with van der Waals surface area (Å²) in [5.41, 5.74) is 16.9. The van der Waals surface area contributed by atoms with Crippen molar-refractivity contribution >= 4 is 48.2 Å². The SMILES string of the molecule is NC(N)=NCCCC(N)C(=O)NC(CS)C(=O)NC(CC(=O)O)C(=O)NC(Cc1ccccc1)C(=O)O. The third kappa shape index (κ3) is 12.1. The summed E-state index contributed by atoms with van der Waals surface area (Å²) in [4.78, 5) is 64.6. The number of nitrogens with two attached hydrogens (primary N) is 3. The topological polar surface area (TPSA) is 252 Å². The molecule has 0 bridgehead atoms. The van der Waals surface area contributed by atoms with E-state index in [0.29, 0.717) is 12.0 Å². The van der Waals surface area contributed by atoms with Gasteiger partial charge in [0, 0.05) is 18.7 Å². The van der Waals surface area contributed by atoms with E-state index in [9.17, 15) is 34.2 Å². The Morgan fingerprint density at radius 1 is 0.892 bits per heavy atom. The van der Waals surface area contributed by atoms with Crippen LogP contribution in [0, 0.1) is 0 Å². The highest BCUT2D eigenvalue weighted by atomic mass is 32.1. The molecule has 4 atom stereocenters. The van der Waals surface area contributed by atoms with Gasteiger partial charge in [-0.2, -0.15) is 12.6 Å². The van der Waals surface area contributed by atoms with Crippen LogP contribution in [0.25, 0.3) is 0 Å². The number of carbonyl (C=O) groups is 5. The minimum absolute atomic E-state index is 0.0634. The highest BCUT2D eigenvalue weighted by Crippen LogP contribution is 2.05. The molecule has 0 spiro atoms. The predicted octanol–water partition coefficient (Wildman–Crippen LogP) is -2.45. The summed E-state index contributed by atoms with van der Waals surface area (Å²) in [7, 11) is 0. The molecule has 1 rings (SSSR count). The number of amides is 3. The second-order valence-electron chi connectivity index (χ2n) is 8.05. The fourth-order valence-corrected chi connectivity index (χ4v) is 3.36. The molecule has 204 valence electrons. The number of benzene rings is 1. The van der Waals surface area contributed by atoms with Crippen molar-refractivity contribution in [1.82, 2.24) is 16.0 Å². The van der Waals surface area contributed by atoms with Crippen LogP contribution in [-0.4, -0.2) is 82.3 Å². The molecule has 37 heavy (non-hydrogen) atoms. The molecule has 1 aromatic rings. The summed E-state index contributed by atoms with van der Waals surface area (Å²) < 4.78 is 0. The van der Waals surface area contributed by atoms with Gasteiger partial charge in [-0.15, -0.1) is 0 Å². The van der Waals surface area contributed by atoms with E-state index in [1.54, 1.807) is 30.3 Å². The van der Waals surface area contributed by atoms with Crippen LogP contribution in [-0.2, 0) is 30.4 Å². The molecule has 11 N–H and O–H groups in total. The third-order valence-corrected chi connectivity index (χ3v) is 5.39. The van der Waals surface area contributed by atoms with Gasteiger partial charge in [-0.05, 0) is 18.4 Å². The number of guanidine groups is 1. The van der Waals surface area contributed by atoms with Crippen LogP contribution in [0.1, 0.15) is 24.8 Å². The van der Waals surface area contributed by atoms with E-state index in [0.717, 1.165) is 0 Å². The molecule has 0 saturated carbocycles. The van der Waals surface area contributed by atoms with Crippen LogP contribution < -0.4 is 33.2 Å². The van der Waals surface area contributed by atoms with Crippen molar-refractivity contribution in [2.24, 2.45) is 22.2 Å². The first-order valence-electron chi connectivity index (χ1n) is 11.3. The van der Waals surface area contributed by atoms with Gasteiger partial charge in [0.15, 0.2) is 5.96 Å². The van der Waals surface area contributed by atoms with E-state index in [1.165, 1.54) is 0 Å². The van der Waals surface area contributed by atoms with E-state index < -0.39 is 60.2 Å². The largest absolute Gasteiger partial charge is 0.481 e. The molecule has 0 aliphatic carbocycles. The van der Waals surface area contributed by atoms with Gasteiger partial charge in [-0.3, -0.25) is 24.2 Å². The van der Waals surface area contributed by atoms with Crippen molar-refractivity contribution < 1.29 is 34.2 Å². The van der Waals surface area contributed by atoms with Gasteiger partial charge in [0.2, 0.25) is 17.7 Å². The maximum Gasteiger partial charge on any atom is 0.326 e. The second kappa shape index (κ2) is 16.0. The van der Waals surface area contributed by atoms with Crippen molar-refractivity contribution in [3.8, 4) is 0 Å². The van der Waals surface area contributed by atoms with Crippen LogP contribution in [0.3, 0.4) is 0 Å². The summed E-state index contributed by atoms with van der Waals surface area (Å²) in [6.45, 7) is 0.257. The second-order valence-corrected chi connectivity index (χ2v) is 8.41. The number of carboxylic acids is 2. The summed E-state index contributed by atoms with van der Waals surface area (Å²) in [6.07, 6.45) is -0.275. The Kier molecular flexibility index (Phi) is 13.5. The van der Waals surface area contributed by atoms with Crippen molar-refractivity contribution in [2.45, 2.75) is 49.9 Å². The molecular formula is C22H33N7O7S. The Bertz CT molecular complexity index is 973. The number of nitrogens with one attached hydrogen (secondary N) is 3. The Morgan fingerprint density at radius 2 is 1.46 bits per heavy atom. The first-order chi connectivity index (χ1) is 17.4. The summed E-state index contributed by atoms with van der Waals surface area (Å²) in [5, 5.41) is 25.6. The Morgan fingerprint density at radius 3 is 2.00 bits per heavy atom. The zero-order valence-corrected chi connectivity index (χ0v) is 20.9. The lowest BCUT2D eigenvalue weighted by Crippen LogP contribution is -2.58. The van der Waals surface area contributed by atoms with Gasteiger partial charge in [-0.1, -0.05) is 30.3 Å². The van der Waals surface area contributed by atoms with Crippen molar-refractivity contribution in [1.29, 1.82) is 0 Å². The summed E-state index contributed by atoms with van der Waals surface area (Å²) >= 11 is 4.03. The molecule has 3 amide bonds. The highest BCUT2D eigenvalue weighted by Gasteiger charge is 2.31. The minimum Gasteiger partial charge on any atom is -0.481 e. The lowest BCUT2D eigenvalue weighted by Gasteiger charge is -2.24. The number of thiol groups is 1. The smallest absolute Gasteiger partial charge is 0.326 e. The fourth-order valence-electron chi connectivity index (χ4n) is 3.10. The minimum atomic E-state index is -1.62. The number of hydrogen-bond acceptors (Lipinski definition) is 8. The third-order valence-electron chi connectivity index (χ3n) is 5.03. The number of aliphatic imine (C=N–C) groups is 1. The molecule has 15 heteroatoms. The molecular weight excluding hydrogens is 506 g/mol. The molecule has 4 unspecified atom stereocenters. The first kappa shape index (κ1) is 31.2. The van der Waals surface area contributed by atoms with Crippen LogP contribution in [0.2, 0.25) is 0 Å². The lowest BCUT2D eigenvalue weighted by molar-refractivity contribution is -0.143. The normalized spacial score (nSPS) is 13.8. The Labute approximate surface area is 218 Å². The molecule has 14 nitrogen and oxygen atoms in total. The van der Waals surface area contributed by atoms with E-state index >= 15 is 0 Å². The van der Waals surface area contributed by atoms with Crippen LogP contribution in [0.4, 0.5) is 0 Å². The van der Waals surface area contributed by atoms with Gasteiger partial charge >= 0.3 is 11.9 Å². The van der Waals surface area contributed by atoms with E-state index in [4.69, 9.17) is 17.2 Å². The van der Waals surface area contributed by atoms with E-state index in [-0.39, 0.29) is 31.1 Å². The monoisotopic (exact) mass is 539 g/mol. The number of carboxylic acid groups (broad SMARTS) is 2. The van der Waals surface area contributed by atoms with Crippen molar-refractivity contribution in [2.75, 3.05) is 12.3 Å². The Hall–Kier alpha value is -3.85. The average Bonchev–Trinajstić information content (AvgIpc) is 2.83. The lowest BCUT2D eigenvalue weighted by atomic mass is 10.0. The molecule has 0 heterocycles. The summed E-state index contributed by atoms with van der Waals surface area (Å²) in [6, 6.07) is 3.26. The molecule has 0 radical (unpaired) electrons. The molecule has 0 aliphatic heterocycles. The van der Waals surface area contributed by atoms with Gasteiger partial charge in [0.1, 0.15) is 18.1 Å². The van der Waals surface area contributed by atoms with Crippen LogP contribution in [0.15, 0.2) is 35.3 Å². The highest BCUT2D eigenvalue weighted by molar-refractivity contribution is 7.80. The fraction of sp³-hybridized carbons (Fsp3) is 0.455. The summed E-state index contributed by atoms with van der Waals surface area (Å²) in [5.74, 6) is -5.62. The zero-order chi connectivity index (χ0) is 28.0. The van der Waals surface area contributed by atoms with Gasteiger partial charge in [-0.25, -0.2) is 4.79 Å². The molecule has 0 saturated heterocycles. The van der Waals surface area contributed by atoms with Gasteiger partial charge in [0.05, 0.1) is 12.5 Å². The zero-order valence-electron chi connectivity index (χ0n) is 20.0. The van der Waals surface area contributed by atoms with Gasteiger partial charge in [0.25, 0.3) is 0 Å². The maximum absolute atomic E-state index is 12.7. The van der Waals surface area contributed by atoms with Crippen LogP contribution >= 0.6 is 12.6 Å². The van der Waals surface area contributed by atoms with Crippen LogP contribution in [0.5, 0.6) is 0 Å². The molecule has 0 aliphatic rings. The van der Waals surface area contributed by atoms with Crippen molar-refractivity contribution in [3.05, 3.63) is 35.9 Å². The average molecular weight is 540 g/mol. The molecule has 0 aromatic heterocycles. The Balaban J connectivity index is 2.82. The molecule has 0 fully saturated rings. The molecule has 1 aromatic carbocycles. The first-order valence-corrected chi connectivity index (χ1v) is 11.9. The number of rotatable bonds is 16. The number of aliphatic carboxylic acids is 2. The predicted molar refractivity (Wildman–Crippen MR) is 138 cm³/mol. The van der Waals surface area contributed by atoms with E-state index in [2.05, 4.69) is 33.6 Å². The standard InChI is InChI=1S/C22H33N7O7S/c23-13(7-4-8-26-22(24)25)18(32)29-16(11-37)20(34)27-14(10-17(30)31)19(33)28-15(21(35)36)9-12-5-2-1-3-6-12/h1-3,5-6,13-16,37H,4,7-11,23H2,(H,27,34)(H,28,33)(H,29,32)(H,30,31)(H,35,36)(H4,24,25,26).